The number of nitrogens with one attached hydrogen (secondary N) is 2. The van der Waals surface area contributed by atoms with Crippen molar-refractivity contribution in [3.63, 3.8) is 0 Å². The molecule has 0 spiro atoms. The Hall–Kier alpha value is -2.08. The molecule has 23 heavy (non-hydrogen) atoms. The number of amides is 2. The molecule has 1 aromatic carbocycles. The van der Waals surface area contributed by atoms with E-state index in [9.17, 15) is 9.59 Å². The first-order valence-corrected chi connectivity index (χ1v) is 7.95. The molecular formula is C16H20ClN3O3. The fourth-order valence-corrected chi connectivity index (χ4v) is 2.23. The summed E-state index contributed by atoms with van der Waals surface area (Å²) in [6.45, 7) is 4.19. The Morgan fingerprint density at radius 1 is 1.39 bits per heavy atom. The molecule has 0 aromatic heterocycles. The van der Waals surface area contributed by atoms with Gasteiger partial charge in [0, 0.05) is 18.0 Å². The van der Waals surface area contributed by atoms with Crippen molar-refractivity contribution in [1.82, 2.24) is 10.6 Å². The second kappa shape index (κ2) is 7.97. The third kappa shape index (κ3) is 4.69. The van der Waals surface area contributed by atoms with E-state index in [0.717, 1.165) is 12.0 Å². The Labute approximate surface area is 140 Å². The predicted molar refractivity (Wildman–Crippen MR) is 88.4 cm³/mol. The summed E-state index contributed by atoms with van der Waals surface area (Å²) in [5.41, 5.74) is 1.54. The van der Waals surface area contributed by atoms with Crippen LogP contribution >= 0.6 is 11.6 Å². The van der Waals surface area contributed by atoms with E-state index in [1.54, 1.807) is 19.1 Å². The monoisotopic (exact) mass is 337 g/mol. The third-order valence-corrected chi connectivity index (χ3v) is 3.69. The summed E-state index contributed by atoms with van der Waals surface area (Å²) < 4.78 is 0. The van der Waals surface area contributed by atoms with Crippen molar-refractivity contribution in [3.05, 3.63) is 34.9 Å². The fraction of sp³-hybridized carbons (Fsp3) is 0.438. The molecule has 0 saturated carbocycles. The average molecular weight is 338 g/mol. The van der Waals surface area contributed by atoms with Crippen molar-refractivity contribution in [3.8, 4) is 0 Å². The van der Waals surface area contributed by atoms with E-state index in [1.807, 2.05) is 19.1 Å². The molecule has 2 rings (SSSR count). The lowest BCUT2D eigenvalue weighted by atomic mass is 10.0. The minimum Gasteiger partial charge on any atom is -0.382 e. The summed E-state index contributed by atoms with van der Waals surface area (Å²) in [7, 11) is 0. The minimum absolute atomic E-state index is 0.211. The van der Waals surface area contributed by atoms with Crippen molar-refractivity contribution in [2.45, 2.75) is 38.8 Å². The average Bonchev–Trinajstić information content (AvgIpc) is 3.03. The largest absolute Gasteiger partial charge is 0.382 e. The predicted octanol–water partition coefficient (Wildman–Crippen LogP) is 1.86. The maximum atomic E-state index is 12.2. The lowest BCUT2D eigenvalue weighted by Crippen LogP contribution is -2.48. The number of hydrogen-bond acceptors (Lipinski definition) is 4. The first-order valence-electron chi connectivity index (χ1n) is 7.58. The van der Waals surface area contributed by atoms with Gasteiger partial charge >= 0.3 is 0 Å². The molecule has 0 fully saturated rings. The zero-order valence-electron chi connectivity index (χ0n) is 13.1. The highest BCUT2D eigenvalue weighted by Gasteiger charge is 2.30. The number of halogens is 1. The molecule has 0 aliphatic carbocycles. The van der Waals surface area contributed by atoms with Crippen molar-refractivity contribution in [2.24, 2.45) is 5.16 Å². The Bertz CT molecular complexity index is 601. The summed E-state index contributed by atoms with van der Waals surface area (Å²) in [5, 5.41) is 9.96. The van der Waals surface area contributed by atoms with E-state index < -0.39 is 12.1 Å². The smallest absolute Gasteiger partial charge is 0.264 e. The minimum atomic E-state index is -0.720. The number of rotatable bonds is 6. The third-order valence-electron chi connectivity index (χ3n) is 3.44. The number of hydrogen-bond donors (Lipinski definition) is 2. The van der Waals surface area contributed by atoms with Gasteiger partial charge < -0.3 is 15.5 Å². The molecule has 1 aliphatic rings. The van der Waals surface area contributed by atoms with Crippen LogP contribution in [0.2, 0.25) is 5.02 Å². The molecule has 0 radical (unpaired) electrons. The van der Waals surface area contributed by atoms with Gasteiger partial charge in [0.1, 0.15) is 6.04 Å². The van der Waals surface area contributed by atoms with Crippen molar-refractivity contribution >= 4 is 29.1 Å². The second-order valence-electron chi connectivity index (χ2n) is 5.36. The molecule has 7 heteroatoms. The van der Waals surface area contributed by atoms with E-state index in [0.29, 0.717) is 23.7 Å². The summed E-state index contributed by atoms with van der Waals surface area (Å²) in [5.74, 6) is -0.561. The van der Waals surface area contributed by atoms with Gasteiger partial charge in [0.25, 0.3) is 5.91 Å². The molecular weight excluding hydrogens is 318 g/mol. The van der Waals surface area contributed by atoms with Gasteiger partial charge in [-0.3, -0.25) is 9.59 Å². The Balaban J connectivity index is 1.86. The van der Waals surface area contributed by atoms with Gasteiger partial charge in [0.2, 0.25) is 12.0 Å². The van der Waals surface area contributed by atoms with Crippen LogP contribution in [0.5, 0.6) is 0 Å². The van der Waals surface area contributed by atoms with Crippen molar-refractivity contribution in [1.29, 1.82) is 0 Å². The van der Waals surface area contributed by atoms with Crippen LogP contribution < -0.4 is 10.6 Å². The normalized spacial score (nSPS) is 17.9. The Kier molecular flexibility index (Phi) is 5.98. The highest BCUT2D eigenvalue weighted by Crippen LogP contribution is 2.18. The van der Waals surface area contributed by atoms with E-state index in [4.69, 9.17) is 16.4 Å². The molecule has 1 heterocycles. The molecule has 0 unspecified atom stereocenters. The van der Waals surface area contributed by atoms with Crippen LogP contribution in [0.15, 0.2) is 29.4 Å². The van der Waals surface area contributed by atoms with E-state index in [-0.39, 0.29) is 11.8 Å². The SMILES string of the molecule is CCCNC(=O)[C@@H](C)NC(=O)[C@@H]1CC(c2ccc(Cl)cc2)=NO1. The van der Waals surface area contributed by atoms with Gasteiger partial charge in [0.15, 0.2) is 0 Å². The van der Waals surface area contributed by atoms with Gasteiger partial charge in [-0.25, -0.2) is 0 Å². The van der Waals surface area contributed by atoms with E-state index >= 15 is 0 Å². The Morgan fingerprint density at radius 2 is 2.09 bits per heavy atom. The number of oxime groups is 1. The summed E-state index contributed by atoms with van der Waals surface area (Å²) in [6.07, 6.45) is 0.481. The molecule has 124 valence electrons. The number of carbonyl (C=O) groups excluding carboxylic acids is 2. The molecule has 1 aliphatic heterocycles. The maximum absolute atomic E-state index is 12.2. The van der Waals surface area contributed by atoms with Gasteiger partial charge in [-0.2, -0.15) is 0 Å². The lowest BCUT2D eigenvalue weighted by molar-refractivity contribution is -0.135. The van der Waals surface area contributed by atoms with E-state index in [2.05, 4.69) is 15.8 Å². The van der Waals surface area contributed by atoms with Crippen LogP contribution in [0.4, 0.5) is 0 Å². The van der Waals surface area contributed by atoms with Crippen LogP contribution in [-0.2, 0) is 14.4 Å². The zero-order chi connectivity index (χ0) is 16.8. The second-order valence-corrected chi connectivity index (χ2v) is 5.80. The quantitative estimate of drug-likeness (QED) is 0.831. The molecule has 6 nitrogen and oxygen atoms in total. The molecule has 2 amide bonds. The highest BCUT2D eigenvalue weighted by atomic mass is 35.5. The lowest BCUT2D eigenvalue weighted by Gasteiger charge is -2.15. The van der Waals surface area contributed by atoms with Gasteiger partial charge in [-0.05, 0) is 31.0 Å². The molecule has 2 N–H and O–H groups in total. The van der Waals surface area contributed by atoms with Gasteiger partial charge in [-0.1, -0.05) is 35.8 Å². The van der Waals surface area contributed by atoms with Crippen LogP contribution in [-0.4, -0.2) is 36.2 Å². The van der Waals surface area contributed by atoms with E-state index in [1.165, 1.54) is 0 Å². The maximum Gasteiger partial charge on any atom is 0.264 e. The summed E-state index contributed by atoms with van der Waals surface area (Å²) >= 11 is 5.85. The van der Waals surface area contributed by atoms with Crippen LogP contribution in [0.25, 0.3) is 0 Å². The molecule has 2 atom stereocenters. The van der Waals surface area contributed by atoms with Gasteiger partial charge in [-0.15, -0.1) is 0 Å². The topological polar surface area (TPSA) is 79.8 Å². The standard InChI is InChI=1S/C16H20ClN3O3/c1-3-8-18-15(21)10(2)19-16(22)14-9-13(20-23-14)11-4-6-12(17)7-5-11/h4-7,10,14H,3,8-9H2,1-2H3,(H,18,21)(H,19,22)/t10-,14+/m1/s1. The molecule has 0 saturated heterocycles. The first-order chi connectivity index (χ1) is 11.0. The number of benzene rings is 1. The molecule has 0 bridgehead atoms. The summed E-state index contributed by atoms with van der Waals surface area (Å²) in [4.78, 5) is 29.1. The number of carbonyl (C=O) groups is 2. The summed E-state index contributed by atoms with van der Waals surface area (Å²) in [6, 6.07) is 6.55. The van der Waals surface area contributed by atoms with Gasteiger partial charge in [0.05, 0.1) is 5.71 Å². The Morgan fingerprint density at radius 3 is 2.74 bits per heavy atom. The zero-order valence-corrected chi connectivity index (χ0v) is 13.9. The van der Waals surface area contributed by atoms with Crippen LogP contribution in [0.1, 0.15) is 32.3 Å². The first kappa shape index (κ1) is 17.3. The van der Waals surface area contributed by atoms with Crippen molar-refractivity contribution < 1.29 is 14.4 Å². The molecule has 1 aromatic rings. The highest BCUT2D eigenvalue weighted by molar-refractivity contribution is 6.30. The number of nitrogens with zero attached hydrogens (tertiary/aromatic N) is 1. The van der Waals surface area contributed by atoms with Crippen LogP contribution in [0, 0.1) is 0 Å². The van der Waals surface area contributed by atoms with Crippen molar-refractivity contribution in [2.75, 3.05) is 6.54 Å². The van der Waals surface area contributed by atoms with Crippen LogP contribution in [0.3, 0.4) is 0 Å². The fourth-order valence-electron chi connectivity index (χ4n) is 2.10.